The van der Waals surface area contributed by atoms with Crippen LogP contribution in [-0.4, -0.2) is 45.9 Å². The standard InChI is InChI=1S/C25H28N2O6S/c1-5-27(6-2)34(29,30)20-13-15-24(33-18-10-8-7-9-11-18)22(17-20)26-25(28)21-16-19(31-3)12-14-23(21)32-4/h7-17H,5-6H2,1-4H3,(H,26,28). The molecule has 0 atom stereocenters. The Bertz CT molecular complexity index is 1240. The van der Waals surface area contributed by atoms with E-state index in [2.05, 4.69) is 5.32 Å². The summed E-state index contributed by atoms with van der Waals surface area (Å²) >= 11 is 0. The quantitative estimate of drug-likeness (QED) is 0.445. The molecule has 0 aliphatic carbocycles. The van der Waals surface area contributed by atoms with Crippen LogP contribution in [0, 0.1) is 0 Å². The first-order valence-corrected chi connectivity index (χ1v) is 12.2. The molecule has 9 heteroatoms. The minimum atomic E-state index is -3.76. The van der Waals surface area contributed by atoms with Gasteiger partial charge >= 0.3 is 0 Å². The summed E-state index contributed by atoms with van der Waals surface area (Å²) in [5.74, 6) is 1.14. The average Bonchev–Trinajstić information content (AvgIpc) is 2.85. The molecule has 0 spiro atoms. The lowest BCUT2D eigenvalue weighted by molar-refractivity contribution is 0.102. The maximum atomic E-state index is 13.2. The summed E-state index contributed by atoms with van der Waals surface area (Å²) in [6.07, 6.45) is 0. The van der Waals surface area contributed by atoms with Gasteiger partial charge in [-0.15, -0.1) is 0 Å². The third-order valence-electron chi connectivity index (χ3n) is 5.16. The monoisotopic (exact) mass is 484 g/mol. The topological polar surface area (TPSA) is 94.2 Å². The molecule has 1 N–H and O–H groups in total. The van der Waals surface area contributed by atoms with E-state index in [-0.39, 0.29) is 16.1 Å². The first-order chi connectivity index (χ1) is 16.3. The number of carbonyl (C=O) groups is 1. The Morgan fingerprint density at radius 1 is 0.853 bits per heavy atom. The zero-order valence-electron chi connectivity index (χ0n) is 19.6. The van der Waals surface area contributed by atoms with Crippen molar-refractivity contribution in [2.45, 2.75) is 18.7 Å². The van der Waals surface area contributed by atoms with Gasteiger partial charge in [-0.1, -0.05) is 32.0 Å². The first kappa shape index (κ1) is 25.1. The summed E-state index contributed by atoms with van der Waals surface area (Å²) in [7, 11) is -0.800. The molecule has 0 heterocycles. The number of sulfonamides is 1. The molecule has 0 saturated heterocycles. The van der Waals surface area contributed by atoms with Gasteiger partial charge in [0.2, 0.25) is 10.0 Å². The van der Waals surface area contributed by atoms with E-state index >= 15 is 0 Å². The van der Waals surface area contributed by atoms with Crippen LogP contribution in [0.3, 0.4) is 0 Å². The van der Waals surface area contributed by atoms with E-state index in [0.717, 1.165) is 0 Å². The summed E-state index contributed by atoms with van der Waals surface area (Å²) < 4.78 is 44.0. The predicted molar refractivity (Wildman–Crippen MR) is 131 cm³/mol. The lowest BCUT2D eigenvalue weighted by Crippen LogP contribution is -2.30. The average molecular weight is 485 g/mol. The van der Waals surface area contributed by atoms with Gasteiger partial charge in [0.05, 0.1) is 30.4 Å². The van der Waals surface area contributed by atoms with Gasteiger partial charge in [-0.3, -0.25) is 4.79 Å². The van der Waals surface area contributed by atoms with Crippen LogP contribution in [0.15, 0.2) is 71.6 Å². The minimum Gasteiger partial charge on any atom is -0.497 e. The highest BCUT2D eigenvalue weighted by Crippen LogP contribution is 2.34. The van der Waals surface area contributed by atoms with Crippen LogP contribution >= 0.6 is 0 Å². The fourth-order valence-electron chi connectivity index (χ4n) is 3.37. The van der Waals surface area contributed by atoms with Gasteiger partial charge in [-0.2, -0.15) is 4.31 Å². The number of hydrogen-bond donors (Lipinski definition) is 1. The molecule has 0 aliphatic rings. The van der Waals surface area contributed by atoms with Crippen LogP contribution in [0.2, 0.25) is 0 Å². The Morgan fingerprint density at radius 3 is 2.15 bits per heavy atom. The molecule has 0 aromatic heterocycles. The molecule has 34 heavy (non-hydrogen) atoms. The van der Waals surface area contributed by atoms with Gasteiger partial charge in [-0.25, -0.2) is 8.42 Å². The van der Waals surface area contributed by atoms with Crippen LogP contribution in [-0.2, 0) is 10.0 Å². The van der Waals surface area contributed by atoms with Crippen molar-refractivity contribution in [2.75, 3.05) is 32.6 Å². The van der Waals surface area contributed by atoms with Gasteiger partial charge in [0.15, 0.2) is 5.75 Å². The lowest BCUT2D eigenvalue weighted by Gasteiger charge is -2.20. The number of methoxy groups -OCH3 is 2. The number of para-hydroxylation sites is 1. The van der Waals surface area contributed by atoms with Crippen molar-refractivity contribution in [3.63, 3.8) is 0 Å². The smallest absolute Gasteiger partial charge is 0.259 e. The largest absolute Gasteiger partial charge is 0.497 e. The number of nitrogens with zero attached hydrogens (tertiary/aromatic N) is 1. The van der Waals surface area contributed by atoms with E-state index < -0.39 is 15.9 Å². The van der Waals surface area contributed by atoms with Gasteiger partial charge < -0.3 is 19.5 Å². The Hall–Kier alpha value is -3.56. The fourth-order valence-corrected chi connectivity index (χ4v) is 4.85. The number of hydrogen-bond acceptors (Lipinski definition) is 6. The van der Waals surface area contributed by atoms with Crippen LogP contribution < -0.4 is 19.5 Å². The zero-order chi connectivity index (χ0) is 24.7. The second-order valence-electron chi connectivity index (χ2n) is 7.18. The van der Waals surface area contributed by atoms with Crippen molar-refractivity contribution in [1.29, 1.82) is 0 Å². The van der Waals surface area contributed by atoms with Crippen molar-refractivity contribution in [3.05, 3.63) is 72.3 Å². The van der Waals surface area contributed by atoms with Gasteiger partial charge in [0.1, 0.15) is 17.2 Å². The molecular formula is C25H28N2O6S. The van der Waals surface area contributed by atoms with Gasteiger partial charge in [0.25, 0.3) is 5.91 Å². The number of amides is 1. The number of carbonyl (C=O) groups excluding carboxylic acids is 1. The molecule has 1 amide bonds. The maximum absolute atomic E-state index is 13.2. The van der Waals surface area contributed by atoms with Crippen molar-refractivity contribution in [2.24, 2.45) is 0 Å². The Labute approximate surface area is 200 Å². The molecule has 8 nitrogen and oxygen atoms in total. The second kappa shape index (κ2) is 11.0. The van der Waals surface area contributed by atoms with Gasteiger partial charge in [0, 0.05) is 13.1 Å². The number of benzene rings is 3. The maximum Gasteiger partial charge on any atom is 0.259 e. The molecule has 3 rings (SSSR count). The Kier molecular flexibility index (Phi) is 8.14. The molecular weight excluding hydrogens is 456 g/mol. The lowest BCUT2D eigenvalue weighted by atomic mass is 10.1. The first-order valence-electron chi connectivity index (χ1n) is 10.7. The molecule has 180 valence electrons. The molecule has 0 radical (unpaired) electrons. The van der Waals surface area contributed by atoms with E-state index in [9.17, 15) is 13.2 Å². The summed E-state index contributed by atoms with van der Waals surface area (Å²) in [5, 5.41) is 2.78. The van der Waals surface area contributed by atoms with Gasteiger partial charge in [-0.05, 0) is 48.5 Å². The van der Waals surface area contributed by atoms with Crippen molar-refractivity contribution >= 4 is 21.6 Å². The Balaban J connectivity index is 2.06. The highest BCUT2D eigenvalue weighted by Gasteiger charge is 2.24. The Morgan fingerprint density at radius 2 is 1.53 bits per heavy atom. The molecule has 3 aromatic carbocycles. The highest BCUT2D eigenvalue weighted by molar-refractivity contribution is 7.89. The van der Waals surface area contributed by atoms with E-state index in [1.54, 1.807) is 44.2 Å². The zero-order valence-corrected chi connectivity index (χ0v) is 20.4. The van der Waals surface area contributed by atoms with E-state index in [0.29, 0.717) is 36.1 Å². The number of ether oxygens (including phenoxy) is 3. The van der Waals surface area contributed by atoms with Crippen LogP contribution in [0.5, 0.6) is 23.0 Å². The molecule has 3 aromatic rings. The number of anilines is 1. The summed E-state index contributed by atoms with van der Waals surface area (Å²) in [5.41, 5.74) is 0.427. The van der Waals surface area contributed by atoms with Crippen molar-refractivity contribution < 1.29 is 27.4 Å². The van der Waals surface area contributed by atoms with E-state index in [1.165, 1.54) is 36.7 Å². The molecule has 0 aliphatic heterocycles. The van der Waals surface area contributed by atoms with Crippen molar-refractivity contribution in [3.8, 4) is 23.0 Å². The third-order valence-corrected chi connectivity index (χ3v) is 7.21. The predicted octanol–water partition coefficient (Wildman–Crippen LogP) is 4.78. The second-order valence-corrected chi connectivity index (χ2v) is 9.12. The minimum absolute atomic E-state index is 0.0459. The van der Waals surface area contributed by atoms with Crippen molar-refractivity contribution in [1.82, 2.24) is 4.31 Å². The molecule has 0 saturated carbocycles. The highest BCUT2D eigenvalue weighted by atomic mass is 32.2. The SMILES string of the molecule is CCN(CC)S(=O)(=O)c1ccc(Oc2ccccc2)c(NC(=O)c2cc(OC)ccc2OC)c1. The van der Waals surface area contributed by atoms with Crippen LogP contribution in [0.4, 0.5) is 5.69 Å². The number of nitrogens with one attached hydrogen (secondary N) is 1. The molecule has 0 bridgehead atoms. The number of rotatable bonds is 10. The van der Waals surface area contributed by atoms with E-state index in [1.807, 2.05) is 18.2 Å². The van der Waals surface area contributed by atoms with Crippen LogP contribution in [0.25, 0.3) is 0 Å². The fraction of sp³-hybridized carbons (Fsp3) is 0.240. The summed E-state index contributed by atoms with van der Waals surface area (Å²) in [6.45, 7) is 4.19. The molecule has 0 unspecified atom stereocenters. The summed E-state index contributed by atoms with van der Waals surface area (Å²) in [6, 6.07) is 18.2. The third kappa shape index (κ3) is 5.49. The van der Waals surface area contributed by atoms with Crippen LogP contribution in [0.1, 0.15) is 24.2 Å². The van der Waals surface area contributed by atoms with E-state index in [4.69, 9.17) is 14.2 Å². The normalized spacial score (nSPS) is 11.2. The summed E-state index contributed by atoms with van der Waals surface area (Å²) in [4.78, 5) is 13.3. The molecule has 0 fully saturated rings.